The van der Waals surface area contributed by atoms with E-state index in [0.717, 1.165) is 17.3 Å². The van der Waals surface area contributed by atoms with Gasteiger partial charge in [-0.15, -0.1) is 0 Å². The molecule has 1 spiro atoms. The number of hydrogen-bond acceptors (Lipinski definition) is 3. The molecule has 1 fully saturated rings. The van der Waals surface area contributed by atoms with Crippen LogP contribution >= 0.6 is 15.9 Å². The minimum atomic E-state index is -0.607. The van der Waals surface area contributed by atoms with Crippen LogP contribution in [0.3, 0.4) is 0 Å². The van der Waals surface area contributed by atoms with Crippen molar-refractivity contribution in [3.05, 3.63) is 16.6 Å². The number of methoxy groups -OCH3 is 1. The molecule has 0 bridgehead atoms. The lowest BCUT2D eigenvalue weighted by Crippen LogP contribution is -2.39. The van der Waals surface area contributed by atoms with Gasteiger partial charge in [0.1, 0.15) is 5.75 Å². The van der Waals surface area contributed by atoms with E-state index in [1.165, 1.54) is 0 Å². The molecule has 1 aliphatic heterocycles. The summed E-state index contributed by atoms with van der Waals surface area (Å²) in [7, 11) is 1.59. The van der Waals surface area contributed by atoms with Crippen LogP contribution in [0.2, 0.25) is 0 Å². The normalized spacial score (nSPS) is 19.8. The molecule has 0 atom stereocenters. The van der Waals surface area contributed by atoms with E-state index in [1.54, 1.807) is 13.2 Å². The van der Waals surface area contributed by atoms with E-state index < -0.39 is 5.60 Å². The molecule has 16 heavy (non-hydrogen) atoms. The first-order chi connectivity index (χ1) is 7.64. The predicted octanol–water partition coefficient (Wildman–Crippen LogP) is 2.32. The fourth-order valence-corrected chi connectivity index (χ4v) is 2.32. The Morgan fingerprint density at radius 3 is 2.88 bits per heavy atom. The van der Waals surface area contributed by atoms with Gasteiger partial charge in [-0.05, 0) is 22.0 Å². The van der Waals surface area contributed by atoms with Gasteiger partial charge in [0.25, 0.3) is 5.91 Å². The van der Waals surface area contributed by atoms with E-state index in [2.05, 4.69) is 21.2 Å². The van der Waals surface area contributed by atoms with Gasteiger partial charge in [-0.25, -0.2) is 0 Å². The van der Waals surface area contributed by atoms with Crippen LogP contribution in [0.25, 0.3) is 0 Å². The Morgan fingerprint density at radius 2 is 2.25 bits per heavy atom. The number of anilines is 1. The molecule has 1 N–H and O–H groups in total. The Bertz CT molecular complexity index is 482. The number of fused-ring (bicyclic) bond motifs is 1. The van der Waals surface area contributed by atoms with Crippen LogP contribution in [0.4, 0.5) is 5.69 Å². The summed E-state index contributed by atoms with van der Waals surface area (Å²) in [5.41, 5.74) is 0.0538. The Morgan fingerprint density at radius 1 is 1.50 bits per heavy atom. The number of halogens is 1. The van der Waals surface area contributed by atoms with Crippen molar-refractivity contribution in [1.82, 2.24) is 0 Å². The fraction of sp³-hybridized carbons (Fsp3) is 0.364. The van der Waals surface area contributed by atoms with E-state index in [0.29, 0.717) is 17.2 Å². The average molecular weight is 284 g/mol. The number of nitrogens with one attached hydrogen (secondary N) is 1. The van der Waals surface area contributed by atoms with E-state index in [1.807, 2.05) is 6.07 Å². The lowest BCUT2D eigenvalue weighted by Gasteiger charge is -2.26. The largest absolute Gasteiger partial charge is 0.497 e. The summed E-state index contributed by atoms with van der Waals surface area (Å²) in [5, 5.41) is 2.85. The van der Waals surface area contributed by atoms with Gasteiger partial charge in [0, 0.05) is 18.9 Å². The molecule has 0 radical (unpaired) electrons. The van der Waals surface area contributed by atoms with Gasteiger partial charge < -0.3 is 14.8 Å². The molecule has 3 rings (SSSR count). The van der Waals surface area contributed by atoms with Crippen molar-refractivity contribution in [1.29, 1.82) is 0 Å². The molecule has 2 aliphatic rings. The van der Waals surface area contributed by atoms with Crippen molar-refractivity contribution in [3.63, 3.8) is 0 Å². The maximum Gasteiger partial charge on any atom is 0.268 e. The third kappa shape index (κ3) is 1.31. The fourth-order valence-electron chi connectivity index (χ4n) is 1.80. The topological polar surface area (TPSA) is 47.6 Å². The van der Waals surface area contributed by atoms with Crippen molar-refractivity contribution in [2.45, 2.75) is 18.4 Å². The van der Waals surface area contributed by atoms with Crippen LogP contribution in [0.5, 0.6) is 11.5 Å². The van der Waals surface area contributed by atoms with Gasteiger partial charge in [0.15, 0.2) is 11.4 Å². The highest BCUT2D eigenvalue weighted by molar-refractivity contribution is 9.10. The Balaban J connectivity index is 2.08. The van der Waals surface area contributed by atoms with Gasteiger partial charge in [0.2, 0.25) is 0 Å². The molecule has 0 saturated heterocycles. The van der Waals surface area contributed by atoms with Crippen molar-refractivity contribution < 1.29 is 14.3 Å². The molecule has 1 aromatic carbocycles. The lowest BCUT2D eigenvalue weighted by atomic mass is 10.2. The maximum atomic E-state index is 11.8. The Hall–Kier alpha value is -1.23. The van der Waals surface area contributed by atoms with Crippen molar-refractivity contribution in [3.8, 4) is 11.5 Å². The van der Waals surface area contributed by atoms with Gasteiger partial charge in [-0.2, -0.15) is 0 Å². The summed E-state index contributed by atoms with van der Waals surface area (Å²) in [6, 6.07) is 3.58. The van der Waals surface area contributed by atoms with Gasteiger partial charge in [0.05, 0.1) is 17.3 Å². The van der Waals surface area contributed by atoms with Gasteiger partial charge >= 0.3 is 0 Å². The number of carbonyl (C=O) groups excluding carboxylic acids is 1. The molecular weight excluding hydrogens is 274 g/mol. The monoisotopic (exact) mass is 283 g/mol. The number of rotatable bonds is 1. The molecule has 4 nitrogen and oxygen atoms in total. The van der Waals surface area contributed by atoms with Crippen molar-refractivity contribution >= 4 is 27.5 Å². The van der Waals surface area contributed by atoms with Crippen molar-refractivity contribution in [2.24, 2.45) is 0 Å². The molecule has 1 amide bonds. The first-order valence-electron chi connectivity index (χ1n) is 5.03. The number of amides is 1. The second-order valence-corrected chi connectivity index (χ2v) is 4.89. The molecule has 5 heteroatoms. The van der Waals surface area contributed by atoms with Crippen LogP contribution in [0.15, 0.2) is 16.6 Å². The minimum absolute atomic E-state index is 0.0554. The summed E-state index contributed by atoms with van der Waals surface area (Å²) in [4.78, 5) is 11.8. The molecule has 1 aromatic rings. The van der Waals surface area contributed by atoms with Gasteiger partial charge in [-0.3, -0.25) is 4.79 Å². The number of ether oxygens (including phenoxy) is 2. The highest BCUT2D eigenvalue weighted by Gasteiger charge is 2.55. The Kier molecular flexibility index (Phi) is 1.95. The standard InChI is InChI=1S/C11H10BrNO3/c1-15-6-4-7(12)9-8(5-6)13-10(14)11(16-9)2-3-11/h4-5H,2-3H2,1H3,(H,13,14). The van der Waals surface area contributed by atoms with Crippen LogP contribution < -0.4 is 14.8 Å². The van der Waals surface area contributed by atoms with Crippen molar-refractivity contribution in [2.75, 3.05) is 12.4 Å². The molecule has 1 heterocycles. The number of carbonyl (C=O) groups is 1. The number of benzene rings is 1. The van der Waals surface area contributed by atoms with E-state index in [9.17, 15) is 4.79 Å². The molecule has 84 valence electrons. The zero-order valence-corrected chi connectivity index (χ0v) is 10.3. The van der Waals surface area contributed by atoms with E-state index in [4.69, 9.17) is 9.47 Å². The first kappa shape index (κ1) is 9.96. The minimum Gasteiger partial charge on any atom is -0.497 e. The molecule has 1 saturated carbocycles. The van der Waals surface area contributed by atoms with Crippen LogP contribution in [0, 0.1) is 0 Å². The highest BCUT2D eigenvalue weighted by atomic mass is 79.9. The summed E-state index contributed by atoms with van der Waals surface area (Å²) < 4.78 is 11.7. The summed E-state index contributed by atoms with van der Waals surface area (Å²) in [5.74, 6) is 1.32. The van der Waals surface area contributed by atoms with E-state index >= 15 is 0 Å². The highest BCUT2D eigenvalue weighted by Crippen LogP contribution is 2.50. The molecule has 1 aliphatic carbocycles. The molecular formula is C11H10BrNO3. The third-order valence-electron chi connectivity index (χ3n) is 2.92. The van der Waals surface area contributed by atoms with Crippen LogP contribution in [-0.2, 0) is 4.79 Å². The smallest absolute Gasteiger partial charge is 0.268 e. The molecule has 0 unspecified atom stereocenters. The zero-order valence-electron chi connectivity index (χ0n) is 8.67. The second kappa shape index (κ2) is 3.13. The SMILES string of the molecule is COc1cc(Br)c2c(c1)NC(=O)C1(CC1)O2. The first-order valence-corrected chi connectivity index (χ1v) is 5.82. The second-order valence-electron chi connectivity index (χ2n) is 4.04. The van der Waals surface area contributed by atoms with Crippen LogP contribution in [-0.4, -0.2) is 18.6 Å². The summed E-state index contributed by atoms with van der Waals surface area (Å²) in [6.07, 6.45) is 1.58. The number of hydrogen-bond donors (Lipinski definition) is 1. The Labute approximate surface area is 101 Å². The summed E-state index contributed by atoms with van der Waals surface area (Å²) >= 11 is 3.42. The lowest BCUT2D eigenvalue weighted by molar-refractivity contribution is -0.125. The third-order valence-corrected chi connectivity index (χ3v) is 3.51. The average Bonchev–Trinajstić information content (AvgIpc) is 3.02. The quantitative estimate of drug-likeness (QED) is 0.861. The predicted molar refractivity (Wildman–Crippen MR) is 61.9 cm³/mol. The van der Waals surface area contributed by atoms with Gasteiger partial charge in [-0.1, -0.05) is 0 Å². The summed E-state index contributed by atoms with van der Waals surface area (Å²) in [6.45, 7) is 0. The molecule has 0 aromatic heterocycles. The van der Waals surface area contributed by atoms with Crippen LogP contribution in [0.1, 0.15) is 12.8 Å². The van der Waals surface area contributed by atoms with E-state index in [-0.39, 0.29) is 5.91 Å². The zero-order chi connectivity index (χ0) is 11.3. The maximum absolute atomic E-state index is 11.8.